The van der Waals surface area contributed by atoms with Gasteiger partial charge in [0.15, 0.2) is 0 Å². The molecule has 0 spiro atoms. The molecule has 0 aromatic rings. The fourth-order valence-electron chi connectivity index (χ4n) is 3.08. The summed E-state index contributed by atoms with van der Waals surface area (Å²) in [4.78, 5) is 0. The van der Waals surface area contributed by atoms with Gasteiger partial charge < -0.3 is 0 Å². The molecule has 0 N–H and O–H groups in total. The van der Waals surface area contributed by atoms with E-state index < -0.39 is 0 Å². The smallest absolute Gasteiger partial charge is 0.0351 e. The van der Waals surface area contributed by atoms with E-state index in [1.54, 1.807) is 0 Å². The van der Waals surface area contributed by atoms with Crippen molar-refractivity contribution in [2.24, 2.45) is 23.2 Å². The highest BCUT2D eigenvalue weighted by Crippen LogP contribution is 2.45. The summed E-state index contributed by atoms with van der Waals surface area (Å²) in [5.74, 6) is 2.88. The van der Waals surface area contributed by atoms with Crippen LogP contribution in [0.4, 0.5) is 0 Å². The van der Waals surface area contributed by atoms with Crippen LogP contribution < -0.4 is 0 Å². The van der Waals surface area contributed by atoms with E-state index in [-0.39, 0.29) is 0 Å². The maximum Gasteiger partial charge on any atom is -0.0351 e. The summed E-state index contributed by atoms with van der Waals surface area (Å²) in [6.07, 6.45) is 5.73. The first-order valence-electron chi connectivity index (χ1n) is 5.96. The predicted molar refractivity (Wildman–Crippen MR) is 59.7 cm³/mol. The molecule has 2 atom stereocenters. The van der Waals surface area contributed by atoms with E-state index >= 15 is 0 Å². The van der Waals surface area contributed by atoms with Gasteiger partial charge in [-0.05, 0) is 42.4 Å². The van der Waals surface area contributed by atoms with Crippen LogP contribution in [-0.4, -0.2) is 0 Å². The van der Waals surface area contributed by atoms with Crippen LogP contribution in [0.3, 0.4) is 0 Å². The van der Waals surface area contributed by atoms with Crippen LogP contribution in [0.15, 0.2) is 0 Å². The highest BCUT2D eigenvalue weighted by Gasteiger charge is 2.34. The van der Waals surface area contributed by atoms with Crippen LogP contribution in [0.25, 0.3) is 0 Å². The maximum atomic E-state index is 2.44. The Balaban J connectivity index is 2.61. The summed E-state index contributed by atoms with van der Waals surface area (Å²) in [6, 6.07) is 0. The number of rotatable bonds is 2. The molecule has 0 aromatic carbocycles. The molecule has 1 saturated carbocycles. The van der Waals surface area contributed by atoms with Gasteiger partial charge in [-0.1, -0.05) is 41.0 Å². The molecule has 0 aliphatic heterocycles. The standard InChI is InChI=1S/C13H26/c1-6-11-9-13(4,5)8-7-12(11)10(2)3/h10-12H,6-9H2,1-5H3. The van der Waals surface area contributed by atoms with E-state index in [0.29, 0.717) is 5.41 Å². The molecular formula is C13H26. The minimum atomic E-state index is 0.617. The summed E-state index contributed by atoms with van der Waals surface area (Å²) < 4.78 is 0. The Kier molecular flexibility index (Phi) is 3.43. The largest absolute Gasteiger partial charge is 0.0651 e. The van der Waals surface area contributed by atoms with Crippen LogP contribution in [0.1, 0.15) is 60.3 Å². The highest BCUT2D eigenvalue weighted by atomic mass is 14.4. The first-order chi connectivity index (χ1) is 5.96. The second-order valence-electron chi connectivity index (χ2n) is 5.98. The lowest BCUT2D eigenvalue weighted by molar-refractivity contribution is 0.0857. The minimum absolute atomic E-state index is 0.617. The molecule has 2 unspecified atom stereocenters. The quantitative estimate of drug-likeness (QED) is 0.590. The fourth-order valence-corrected chi connectivity index (χ4v) is 3.08. The Morgan fingerprint density at radius 1 is 1.31 bits per heavy atom. The first kappa shape index (κ1) is 11.1. The molecule has 0 nitrogen and oxygen atoms in total. The van der Waals surface area contributed by atoms with Gasteiger partial charge >= 0.3 is 0 Å². The Morgan fingerprint density at radius 2 is 1.92 bits per heavy atom. The SMILES string of the molecule is CCC1CC(C)(C)CCC1C(C)C. The van der Waals surface area contributed by atoms with Crippen LogP contribution in [0.5, 0.6) is 0 Å². The normalized spacial score (nSPS) is 33.7. The van der Waals surface area contributed by atoms with Crippen LogP contribution in [-0.2, 0) is 0 Å². The van der Waals surface area contributed by atoms with E-state index in [1.165, 1.54) is 25.7 Å². The third kappa shape index (κ3) is 2.72. The second-order valence-corrected chi connectivity index (χ2v) is 5.98. The van der Waals surface area contributed by atoms with Gasteiger partial charge in [-0.2, -0.15) is 0 Å². The molecule has 0 saturated heterocycles. The molecule has 0 heteroatoms. The topological polar surface area (TPSA) is 0 Å². The monoisotopic (exact) mass is 182 g/mol. The Morgan fingerprint density at radius 3 is 2.38 bits per heavy atom. The Bertz CT molecular complexity index is 155. The van der Waals surface area contributed by atoms with Crippen molar-refractivity contribution in [1.82, 2.24) is 0 Å². The summed E-state index contributed by atoms with van der Waals surface area (Å²) in [7, 11) is 0. The van der Waals surface area contributed by atoms with Crippen molar-refractivity contribution in [3.05, 3.63) is 0 Å². The van der Waals surface area contributed by atoms with Gasteiger partial charge in [-0.15, -0.1) is 0 Å². The Hall–Kier alpha value is 0. The van der Waals surface area contributed by atoms with Gasteiger partial charge in [0, 0.05) is 0 Å². The molecule has 0 amide bonds. The van der Waals surface area contributed by atoms with Crippen molar-refractivity contribution in [3.8, 4) is 0 Å². The molecule has 13 heavy (non-hydrogen) atoms. The molecule has 78 valence electrons. The molecule has 1 aliphatic carbocycles. The van der Waals surface area contributed by atoms with E-state index in [1.807, 2.05) is 0 Å². The van der Waals surface area contributed by atoms with E-state index in [0.717, 1.165) is 17.8 Å². The zero-order valence-electron chi connectivity index (χ0n) is 10.1. The molecule has 0 bridgehead atoms. The molecule has 1 rings (SSSR count). The van der Waals surface area contributed by atoms with Gasteiger partial charge in [0.2, 0.25) is 0 Å². The summed E-state index contributed by atoms with van der Waals surface area (Å²) in [5.41, 5.74) is 0.617. The van der Waals surface area contributed by atoms with Crippen molar-refractivity contribution < 1.29 is 0 Å². The van der Waals surface area contributed by atoms with Gasteiger partial charge in [0.05, 0.1) is 0 Å². The average molecular weight is 182 g/mol. The van der Waals surface area contributed by atoms with Crippen molar-refractivity contribution >= 4 is 0 Å². The van der Waals surface area contributed by atoms with E-state index in [2.05, 4.69) is 34.6 Å². The fraction of sp³-hybridized carbons (Fsp3) is 1.00. The average Bonchev–Trinajstić information content (AvgIpc) is 2.01. The van der Waals surface area contributed by atoms with Gasteiger partial charge in [0.25, 0.3) is 0 Å². The van der Waals surface area contributed by atoms with Crippen molar-refractivity contribution in [3.63, 3.8) is 0 Å². The number of hydrogen-bond donors (Lipinski definition) is 0. The minimum Gasteiger partial charge on any atom is -0.0651 e. The van der Waals surface area contributed by atoms with Crippen LogP contribution in [0.2, 0.25) is 0 Å². The molecular weight excluding hydrogens is 156 g/mol. The summed E-state index contributed by atoms with van der Waals surface area (Å²) in [6.45, 7) is 12.0. The predicted octanol–water partition coefficient (Wildman–Crippen LogP) is 4.49. The second kappa shape index (κ2) is 4.02. The van der Waals surface area contributed by atoms with Crippen LogP contribution in [0, 0.1) is 23.2 Å². The van der Waals surface area contributed by atoms with Gasteiger partial charge in [-0.25, -0.2) is 0 Å². The molecule has 0 heterocycles. The van der Waals surface area contributed by atoms with E-state index in [4.69, 9.17) is 0 Å². The first-order valence-corrected chi connectivity index (χ1v) is 5.96. The molecule has 0 radical (unpaired) electrons. The molecule has 0 aromatic heterocycles. The molecule has 1 fully saturated rings. The Labute approximate surface area is 84.1 Å². The molecule has 1 aliphatic rings. The zero-order valence-corrected chi connectivity index (χ0v) is 10.1. The lowest BCUT2D eigenvalue weighted by Crippen LogP contribution is -2.32. The zero-order chi connectivity index (χ0) is 10.1. The van der Waals surface area contributed by atoms with Gasteiger partial charge in [0.1, 0.15) is 0 Å². The van der Waals surface area contributed by atoms with Crippen LogP contribution >= 0.6 is 0 Å². The van der Waals surface area contributed by atoms with Crippen molar-refractivity contribution in [2.75, 3.05) is 0 Å². The maximum absolute atomic E-state index is 2.44. The van der Waals surface area contributed by atoms with E-state index in [9.17, 15) is 0 Å². The van der Waals surface area contributed by atoms with Crippen molar-refractivity contribution in [1.29, 1.82) is 0 Å². The number of hydrogen-bond acceptors (Lipinski definition) is 0. The summed E-state index contributed by atoms with van der Waals surface area (Å²) in [5, 5.41) is 0. The highest BCUT2D eigenvalue weighted by molar-refractivity contribution is 4.85. The third-order valence-corrected chi connectivity index (χ3v) is 3.96. The van der Waals surface area contributed by atoms with Gasteiger partial charge in [-0.3, -0.25) is 0 Å². The van der Waals surface area contributed by atoms with Crippen molar-refractivity contribution in [2.45, 2.75) is 60.3 Å². The lowest BCUT2D eigenvalue weighted by atomic mass is 9.63. The third-order valence-electron chi connectivity index (χ3n) is 3.96. The lowest BCUT2D eigenvalue weighted by Gasteiger charge is -2.42. The summed E-state index contributed by atoms with van der Waals surface area (Å²) >= 11 is 0.